The number of ether oxygens (including phenoxy) is 1. The molecule has 2 heterocycles. The van der Waals surface area contributed by atoms with Crippen molar-refractivity contribution in [1.82, 2.24) is 15.2 Å². The highest BCUT2D eigenvalue weighted by molar-refractivity contribution is 5.79. The van der Waals surface area contributed by atoms with Crippen LogP contribution in [0.25, 0.3) is 0 Å². The van der Waals surface area contributed by atoms with Crippen LogP contribution in [0.4, 0.5) is 0 Å². The number of hydrogen-bond acceptors (Lipinski definition) is 4. The number of carbonyl (C=O) groups excluding carboxylic acids is 2. The van der Waals surface area contributed by atoms with Crippen molar-refractivity contribution in [2.45, 2.75) is 32.2 Å². The Morgan fingerprint density at radius 1 is 1.29 bits per heavy atom. The number of rotatable bonds is 6. The van der Waals surface area contributed by atoms with Gasteiger partial charge in [0, 0.05) is 32.1 Å². The third-order valence-electron chi connectivity index (χ3n) is 5.14. The minimum Gasteiger partial charge on any atom is -0.497 e. The molecule has 2 atom stereocenters. The zero-order chi connectivity index (χ0) is 19.9. The van der Waals surface area contributed by atoms with E-state index in [1.165, 1.54) is 6.92 Å². The Morgan fingerprint density at radius 3 is 2.86 bits per heavy atom. The molecule has 2 aromatic rings. The highest BCUT2D eigenvalue weighted by Crippen LogP contribution is 2.29. The van der Waals surface area contributed by atoms with Crippen LogP contribution in [-0.2, 0) is 16.0 Å². The molecule has 1 aromatic carbocycles. The number of hydrogen-bond donors (Lipinski definition) is 1. The van der Waals surface area contributed by atoms with Gasteiger partial charge in [-0.05, 0) is 42.7 Å². The lowest BCUT2D eigenvalue weighted by molar-refractivity contribution is -0.132. The van der Waals surface area contributed by atoms with Gasteiger partial charge in [0.05, 0.1) is 25.3 Å². The number of aromatic nitrogens is 1. The molecule has 6 heteroatoms. The summed E-state index contributed by atoms with van der Waals surface area (Å²) in [7, 11) is 1.62. The van der Waals surface area contributed by atoms with E-state index in [9.17, 15) is 9.59 Å². The minimum absolute atomic E-state index is 0.0875. The van der Waals surface area contributed by atoms with Crippen molar-refractivity contribution in [2.75, 3.05) is 20.2 Å². The van der Waals surface area contributed by atoms with Crippen LogP contribution in [0, 0.1) is 5.92 Å². The molecule has 1 aliphatic heterocycles. The Morgan fingerprint density at radius 2 is 2.14 bits per heavy atom. The molecule has 148 valence electrons. The maximum atomic E-state index is 12.9. The zero-order valence-electron chi connectivity index (χ0n) is 16.4. The number of likely N-dealkylation sites (tertiary alicyclic amines) is 1. The summed E-state index contributed by atoms with van der Waals surface area (Å²) in [6.45, 7) is 2.88. The number of nitrogens with zero attached hydrogens (tertiary/aromatic N) is 2. The predicted molar refractivity (Wildman–Crippen MR) is 107 cm³/mol. The van der Waals surface area contributed by atoms with Gasteiger partial charge in [0.2, 0.25) is 11.8 Å². The first-order valence-electron chi connectivity index (χ1n) is 9.65. The van der Waals surface area contributed by atoms with Gasteiger partial charge in [-0.25, -0.2) is 0 Å². The fraction of sp³-hybridized carbons (Fsp3) is 0.409. The van der Waals surface area contributed by atoms with Gasteiger partial charge >= 0.3 is 0 Å². The topological polar surface area (TPSA) is 71.5 Å². The van der Waals surface area contributed by atoms with Crippen LogP contribution in [0.15, 0.2) is 48.7 Å². The molecule has 1 aromatic heterocycles. The van der Waals surface area contributed by atoms with E-state index in [4.69, 9.17) is 4.74 Å². The van der Waals surface area contributed by atoms with Crippen LogP contribution in [0.3, 0.4) is 0 Å². The normalized spacial score (nSPS) is 17.6. The fourth-order valence-electron chi connectivity index (χ4n) is 3.79. The summed E-state index contributed by atoms with van der Waals surface area (Å²) in [5, 5.41) is 3.03. The van der Waals surface area contributed by atoms with Crippen molar-refractivity contribution in [1.29, 1.82) is 0 Å². The maximum absolute atomic E-state index is 12.9. The van der Waals surface area contributed by atoms with E-state index in [0.29, 0.717) is 13.0 Å². The zero-order valence-corrected chi connectivity index (χ0v) is 16.4. The summed E-state index contributed by atoms with van der Waals surface area (Å²) in [5.74, 6) is 0.903. The molecule has 28 heavy (non-hydrogen) atoms. The maximum Gasteiger partial charge on any atom is 0.227 e. The summed E-state index contributed by atoms with van der Waals surface area (Å²) >= 11 is 0. The Bertz CT molecular complexity index is 810. The third-order valence-corrected chi connectivity index (χ3v) is 5.14. The van der Waals surface area contributed by atoms with Gasteiger partial charge < -0.3 is 15.0 Å². The molecule has 1 saturated heterocycles. The van der Waals surface area contributed by atoms with Gasteiger partial charge in [0.1, 0.15) is 5.75 Å². The number of carbonyl (C=O) groups is 2. The van der Waals surface area contributed by atoms with Crippen LogP contribution in [0.1, 0.15) is 37.1 Å². The molecule has 1 fully saturated rings. The average molecular weight is 381 g/mol. The van der Waals surface area contributed by atoms with Crippen LogP contribution >= 0.6 is 0 Å². The lowest BCUT2D eigenvalue weighted by Gasteiger charge is -2.37. The van der Waals surface area contributed by atoms with Crippen molar-refractivity contribution < 1.29 is 14.3 Å². The quantitative estimate of drug-likeness (QED) is 0.835. The van der Waals surface area contributed by atoms with Crippen LogP contribution < -0.4 is 10.1 Å². The van der Waals surface area contributed by atoms with E-state index in [1.54, 1.807) is 13.3 Å². The lowest BCUT2D eigenvalue weighted by atomic mass is 9.88. The van der Waals surface area contributed by atoms with Crippen LogP contribution in [0.5, 0.6) is 5.75 Å². The highest BCUT2D eigenvalue weighted by Gasteiger charge is 2.31. The minimum atomic E-state index is -0.189. The molecule has 1 N–H and O–H groups in total. The standard InChI is InChI=1S/C22H27N3O3/c1-16(26)24-22(20-10-3-4-11-23-20)18-8-6-12-25(15-18)21(27)14-17-7-5-9-19(13-17)28-2/h3-5,7,9-11,13,18,22H,6,8,12,14-15H2,1-2H3,(H,24,26)/t18-,22-/m1/s1. The number of pyridine rings is 1. The molecular formula is C22H27N3O3. The second kappa shape index (κ2) is 9.35. The van der Waals surface area contributed by atoms with Crippen LogP contribution in [-0.4, -0.2) is 41.9 Å². The van der Waals surface area contributed by atoms with Gasteiger partial charge in [0.15, 0.2) is 0 Å². The first-order chi connectivity index (χ1) is 13.6. The summed E-state index contributed by atoms with van der Waals surface area (Å²) in [4.78, 5) is 31.0. The predicted octanol–water partition coefficient (Wildman–Crippen LogP) is 2.75. The first-order valence-corrected chi connectivity index (χ1v) is 9.65. The number of piperidine rings is 1. The molecular weight excluding hydrogens is 354 g/mol. The molecule has 0 saturated carbocycles. The van der Waals surface area contributed by atoms with Crippen molar-refractivity contribution in [3.63, 3.8) is 0 Å². The Hall–Kier alpha value is -2.89. The Kier molecular flexibility index (Phi) is 6.63. The monoisotopic (exact) mass is 381 g/mol. The third kappa shape index (κ3) is 5.09. The summed E-state index contributed by atoms with van der Waals surface area (Å²) in [6, 6.07) is 13.1. The number of benzene rings is 1. The Balaban J connectivity index is 1.70. The van der Waals surface area contributed by atoms with Gasteiger partial charge in [-0.3, -0.25) is 14.6 Å². The second-order valence-electron chi connectivity index (χ2n) is 7.20. The molecule has 0 aliphatic carbocycles. The van der Waals surface area contributed by atoms with Gasteiger partial charge in [-0.1, -0.05) is 18.2 Å². The van der Waals surface area contributed by atoms with Crippen molar-refractivity contribution in [2.24, 2.45) is 5.92 Å². The van der Waals surface area contributed by atoms with Crippen molar-refractivity contribution in [3.8, 4) is 5.75 Å². The summed E-state index contributed by atoms with van der Waals surface area (Å²) < 4.78 is 5.24. The van der Waals surface area contributed by atoms with Crippen LogP contribution in [0.2, 0.25) is 0 Å². The molecule has 1 aliphatic rings. The largest absolute Gasteiger partial charge is 0.497 e. The van der Waals surface area contributed by atoms with Gasteiger partial charge in [-0.2, -0.15) is 0 Å². The van der Waals surface area contributed by atoms with E-state index in [-0.39, 0.29) is 23.8 Å². The molecule has 0 spiro atoms. The van der Waals surface area contributed by atoms with Crippen molar-refractivity contribution in [3.05, 3.63) is 59.9 Å². The van der Waals surface area contributed by atoms with E-state index in [0.717, 1.165) is 36.4 Å². The van der Waals surface area contributed by atoms with Gasteiger partial charge in [0.25, 0.3) is 0 Å². The fourth-order valence-corrected chi connectivity index (χ4v) is 3.79. The van der Waals surface area contributed by atoms with E-state index >= 15 is 0 Å². The number of amides is 2. The van der Waals surface area contributed by atoms with Crippen molar-refractivity contribution >= 4 is 11.8 Å². The van der Waals surface area contributed by atoms with E-state index in [1.807, 2.05) is 47.4 Å². The molecule has 0 radical (unpaired) electrons. The Labute approximate surface area is 165 Å². The molecule has 0 unspecified atom stereocenters. The van der Waals surface area contributed by atoms with E-state index < -0.39 is 0 Å². The highest BCUT2D eigenvalue weighted by atomic mass is 16.5. The molecule has 6 nitrogen and oxygen atoms in total. The summed E-state index contributed by atoms with van der Waals surface area (Å²) in [5.41, 5.74) is 1.78. The van der Waals surface area contributed by atoms with Gasteiger partial charge in [-0.15, -0.1) is 0 Å². The molecule has 2 amide bonds. The van der Waals surface area contributed by atoms with E-state index in [2.05, 4.69) is 10.3 Å². The summed E-state index contributed by atoms with van der Waals surface area (Å²) in [6.07, 6.45) is 3.94. The smallest absolute Gasteiger partial charge is 0.227 e. The molecule has 3 rings (SSSR count). The first kappa shape index (κ1) is 19.9. The second-order valence-corrected chi connectivity index (χ2v) is 7.20. The number of methoxy groups -OCH3 is 1. The lowest BCUT2D eigenvalue weighted by Crippen LogP contribution is -2.45. The SMILES string of the molecule is COc1cccc(CC(=O)N2CCC[C@@H]([C@@H](NC(C)=O)c3ccccn3)C2)c1. The number of nitrogens with one attached hydrogen (secondary N) is 1. The molecule has 0 bridgehead atoms. The average Bonchev–Trinajstić information content (AvgIpc) is 2.72.